The van der Waals surface area contributed by atoms with E-state index in [1.54, 1.807) is 6.07 Å². The first-order valence-corrected chi connectivity index (χ1v) is 8.09. The van der Waals surface area contributed by atoms with Crippen LogP contribution in [0.1, 0.15) is 32.8 Å². The molecule has 0 spiro atoms. The van der Waals surface area contributed by atoms with Crippen LogP contribution in [0.3, 0.4) is 0 Å². The van der Waals surface area contributed by atoms with Crippen molar-refractivity contribution in [1.29, 1.82) is 0 Å². The minimum Gasteiger partial charge on any atom is -0.224 e. The van der Waals surface area contributed by atoms with Crippen molar-refractivity contribution in [1.82, 2.24) is 0 Å². The van der Waals surface area contributed by atoms with Crippen molar-refractivity contribution in [3.05, 3.63) is 42.0 Å². The van der Waals surface area contributed by atoms with Gasteiger partial charge in [0, 0.05) is 0 Å². The average Bonchev–Trinajstić information content (AvgIpc) is 2.29. The van der Waals surface area contributed by atoms with Gasteiger partial charge in [-0.1, -0.05) is 38.1 Å². The Morgan fingerprint density at radius 2 is 2.06 bits per heavy atom. The molecule has 0 bridgehead atoms. The Hall–Kier alpha value is -1.09. The van der Waals surface area contributed by atoms with E-state index in [2.05, 4.69) is 13.0 Å². The van der Waals surface area contributed by atoms with Gasteiger partial charge in [-0.3, -0.25) is 0 Å². The fraction of sp³-hybridized carbons (Fsp3) is 0.467. The number of allylic oxidation sites excluding steroid dienone is 2. The zero-order valence-corrected chi connectivity index (χ0v) is 12.2. The highest BCUT2D eigenvalue weighted by Gasteiger charge is 2.13. The number of benzene rings is 1. The van der Waals surface area contributed by atoms with Crippen molar-refractivity contribution in [3.63, 3.8) is 0 Å². The summed E-state index contributed by atoms with van der Waals surface area (Å²) >= 11 is 0. The van der Waals surface area contributed by atoms with Crippen LogP contribution in [0, 0.1) is 5.92 Å². The topological polar surface area (TPSA) is 34.1 Å². The summed E-state index contributed by atoms with van der Waals surface area (Å²) in [6.07, 6.45) is 5.69. The summed E-state index contributed by atoms with van der Waals surface area (Å²) < 4.78 is 24.0. The molecule has 0 aromatic heterocycles. The first kappa shape index (κ1) is 15.0. The fourth-order valence-electron chi connectivity index (χ4n) is 2.02. The Morgan fingerprint density at radius 1 is 1.33 bits per heavy atom. The lowest BCUT2D eigenvalue weighted by molar-refractivity contribution is 0.594. The molecule has 1 aromatic carbocycles. The van der Waals surface area contributed by atoms with E-state index in [1.165, 1.54) is 0 Å². The molecule has 2 nitrogen and oxygen atoms in total. The number of hydrogen-bond donors (Lipinski definition) is 0. The van der Waals surface area contributed by atoms with Crippen LogP contribution in [0.2, 0.25) is 0 Å². The van der Waals surface area contributed by atoms with Crippen LogP contribution in [0.5, 0.6) is 0 Å². The van der Waals surface area contributed by atoms with E-state index in [9.17, 15) is 8.42 Å². The lowest BCUT2D eigenvalue weighted by atomic mass is 10.0. The fourth-order valence-corrected chi connectivity index (χ4v) is 3.41. The maximum atomic E-state index is 12.0. The van der Waals surface area contributed by atoms with E-state index in [0.717, 1.165) is 12.0 Å². The van der Waals surface area contributed by atoms with Crippen LogP contribution in [-0.2, 0) is 16.3 Å². The van der Waals surface area contributed by atoms with Crippen LogP contribution in [-0.4, -0.2) is 14.2 Å². The van der Waals surface area contributed by atoms with E-state index in [4.69, 9.17) is 0 Å². The molecule has 1 rings (SSSR count). The minimum atomic E-state index is -3.10. The van der Waals surface area contributed by atoms with Gasteiger partial charge in [0.15, 0.2) is 9.84 Å². The third-order valence-corrected chi connectivity index (χ3v) is 4.73. The second-order valence-electron chi connectivity index (χ2n) is 4.67. The molecule has 0 aliphatic rings. The van der Waals surface area contributed by atoms with E-state index < -0.39 is 9.84 Å². The van der Waals surface area contributed by atoms with Crippen molar-refractivity contribution in [3.8, 4) is 0 Å². The molecule has 0 aliphatic heterocycles. The van der Waals surface area contributed by atoms with Gasteiger partial charge >= 0.3 is 0 Å². The maximum Gasteiger partial charge on any atom is 0.178 e. The van der Waals surface area contributed by atoms with Gasteiger partial charge in [-0.15, -0.1) is 0 Å². The quantitative estimate of drug-likeness (QED) is 0.737. The molecule has 0 N–H and O–H groups in total. The van der Waals surface area contributed by atoms with Crippen molar-refractivity contribution in [2.75, 3.05) is 5.75 Å². The summed E-state index contributed by atoms with van der Waals surface area (Å²) in [5.74, 6) is 0.653. The van der Waals surface area contributed by atoms with Crippen LogP contribution in [0.25, 0.3) is 0 Å². The Balaban J connectivity index is 2.92. The van der Waals surface area contributed by atoms with Crippen LogP contribution < -0.4 is 0 Å². The summed E-state index contributed by atoms with van der Waals surface area (Å²) in [6.45, 7) is 6.02. The van der Waals surface area contributed by atoms with Gasteiger partial charge in [-0.05, 0) is 43.4 Å². The predicted octanol–water partition coefficient (Wildman–Crippen LogP) is 3.63. The van der Waals surface area contributed by atoms with E-state index in [1.807, 2.05) is 38.1 Å². The third-order valence-electron chi connectivity index (χ3n) is 2.81. The van der Waals surface area contributed by atoms with Crippen molar-refractivity contribution >= 4 is 9.84 Å². The summed E-state index contributed by atoms with van der Waals surface area (Å²) in [5.41, 5.74) is 1.08. The number of rotatable bonds is 6. The third kappa shape index (κ3) is 4.30. The second-order valence-corrected chi connectivity index (χ2v) is 6.78. The smallest absolute Gasteiger partial charge is 0.178 e. The summed E-state index contributed by atoms with van der Waals surface area (Å²) in [4.78, 5) is 0.453. The number of hydrogen-bond acceptors (Lipinski definition) is 2. The normalized spacial score (nSPS) is 13.9. The van der Waals surface area contributed by atoms with Crippen molar-refractivity contribution in [2.45, 2.75) is 38.5 Å². The Morgan fingerprint density at radius 3 is 2.67 bits per heavy atom. The van der Waals surface area contributed by atoms with Gasteiger partial charge in [-0.25, -0.2) is 8.42 Å². The lowest BCUT2D eigenvalue weighted by Crippen LogP contribution is -2.06. The zero-order chi connectivity index (χ0) is 13.6. The molecule has 0 saturated heterocycles. The largest absolute Gasteiger partial charge is 0.224 e. The van der Waals surface area contributed by atoms with Gasteiger partial charge in [0.1, 0.15) is 0 Å². The highest BCUT2D eigenvalue weighted by Crippen LogP contribution is 2.17. The Kier molecular flexibility index (Phi) is 5.60. The molecule has 0 saturated carbocycles. The molecule has 3 heteroatoms. The van der Waals surface area contributed by atoms with E-state index in [0.29, 0.717) is 17.2 Å². The van der Waals surface area contributed by atoms with Crippen molar-refractivity contribution < 1.29 is 8.42 Å². The average molecular weight is 266 g/mol. The molecule has 0 aliphatic carbocycles. The highest BCUT2D eigenvalue weighted by atomic mass is 32.2. The van der Waals surface area contributed by atoms with Crippen molar-refractivity contribution in [2.24, 2.45) is 5.92 Å². The first-order valence-electron chi connectivity index (χ1n) is 6.44. The Bertz CT molecular complexity index is 501. The van der Waals surface area contributed by atoms with E-state index in [-0.39, 0.29) is 5.75 Å². The molecule has 0 amide bonds. The molecular weight excluding hydrogens is 244 g/mol. The lowest BCUT2D eigenvalue weighted by Gasteiger charge is -2.09. The van der Waals surface area contributed by atoms with Gasteiger partial charge in [0.05, 0.1) is 10.6 Å². The van der Waals surface area contributed by atoms with Gasteiger partial charge in [0.25, 0.3) is 0 Å². The highest BCUT2D eigenvalue weighted by molar-refractivity contribution is 7.91. The molecule has 0 radical (unpaired) electrons. The standard InChI is InChI=1S/C15H22O2S/c1-4-7-13(3)11-14-8-6-9-15(12-14)18(16,17)10-5-2/h4,6-9,12-13H,5,10-11H2,1-3H3/b7-4-. The second kappa shape index (κ2) is 6.74. The SMILES string of the molecule is C/C=C\C(C)Cc1cccc(S(=O)(=O)CCC)c1. The monoisotopic (exact) mass is 266 g/mol. The Labute approximate surface area is 111 Å². The van der Waals surface area contributed by atoms with Crippen LogP contribution >= 0.6 is 0 Å². The summed E-state index contributed by atoms with van der Waals surface area (Å²) in [5, 5.41) is 0. The van der Waals surface area contributed by atoms with Gasteiger partial charge < -0.3 is 0 Å². The minimum absolute atomic E-state index is 0.223. The van der Waals surface area contributed by atoms with Crippen LogP contribution in [0.4, 0.5) is 0 Å². The molecular formula is C15H22O2S. The first-order chi connectivity index (χ1) is 8.49. The van der Waals surface area contributed by atoms with Gasteiger partial charge in [-0.2, -0.15) is 0 Å². The molecule has 0 heterocycles. The zero-order valence-electron chi connectivity index (χ0n) is 11.4. The summed E-state index contributed by atoms with van der Waals surface area (Å²) in [6, 6.07) is 7.32. The summed E-state index contributed by atoms with van der Waals surface area (Å²) in [7, 11) is -3.10. The van der Waals surface area contributed by atoms with Gasteiger partial charge in [0.2, 0.25) is 0 Å². The molecule has 1 atom stereocenters. The predicted molar refractivity (Wildman–Crippen MR) is 76.5 cm³/mol. The van der Waals surface area contributed by atoms with E-state index >= 15 is 0 Å². The molecule has 1 aromatic rings. The molecule has 100 valence electrons. The molecule has 18 heavy (non-hydrogen) atoms. The molecule has 0 fully saturated rings. The number of sulfone groups is 1. The van der Waals surface area contributed by atoms with Crippen LogP contribution in [0.15, 0.2) is 41.3 Å². The maximum absolute atomic E-state index is 12.0. The molecule has 1 unspecified atom stereocenters.